The Morgan fingerprint density at radius 3 is 2.89 bits per heavy atom. The largest absolute Gasteiger partial charge is 0.329 e. The van der Waals surface area contributed by atoms with Gasteiger partial charge < -0.3 is 5.73 Å². The van der Waals surface area contributed by atoms with Gasteiger partial charge in [0.2, 0.25) is 0 Å². The molecule has 0 aromatic rings. The number of nitrogens with zero attached hydrogens (tertiary/aromatic N) is 2. The molecule has 1 aliphatic rings. The van der Waals surface area contributed by atoms with Crippen molar-refractivity contribution in [2.24, 2.45) is 10.7 Å². The van der Waals surface area contributed by atoms with Crippen LogP contribution >= 0.6 is 0 Å². The van der Waals surface area contributed by atoms with Crippen LogP contribution in [0.25, 0.3) is 0 Å². The Bertz CT molecular complexity index is 248. The minimum absolute atomic E-state index is 0.411. The van der Waals surface area contributed by atoms with Crippen LogP contribution < -0.4 is 5.73 Å². The summed E-state index contributed by atoms with van der Waals surface area (Å²) in [6, 6.07) is 0. The second-order valence-electron chi connectivity index (χ2n) is 4.97. The normalized spacial score (nSPS) is 20.2. The molecule has 0 spiro atoms. The number of rotatable bonds is 10. The van der Waals surface area contributed by atoms with Crippen molar-refractivity contribution in [3.63, 3.8) is 0 Å². The maximum absolute atomic E-state index is 5.60. The van der Waals surface area contributed by atoms with E-state index in [1.165, 1.54) is 38.5 Å². The molecule has 1 aliphatic heterocycles. The molecule has 0 fully saturated rings. The van der Waals surface area contributed by atoms with Crippen LogP contribution in [0.2, 0.25) is 0 Å². The predicted molar refractivity (Wildman–Crippen MR) is 80.0 cm³/mol. The molecule has 3 nitrogen and oxygen atoms in total. The van der Waals surface area contributed by atoms with Gasteiger partial charge >= 0.3 is 0 Å². The van der Waals surface area contributed by atoms with E-state index < -0.39 is 0 Å². The van der Waals surface area contributed by atoms with Crippen LogP contribution in [0.3, 0.4) is 0 Å². The third-order valence-electron chi connectivity index (χ3n) is 3.42. The summed E-state index contributed by atoms with van der Waals surface area (Å²) in [4.78, 5) is 6.91. The first-order valence-electron chi connectivity index (χ1n) is 7.49. The van der Waals surface area contributed by atoms with Gasteiger partial charge in [0, 0.05) is 25.8 Å². The average Bonchev–Trinajstić information content (AvgIpc) is 2.81. The van der Waals surface area contributed by atoms with Gasteiger partial charge in [0.1, 0.15) is 6.17 Å². The highest BCUT2D eigenvalue weighted by Gasteiger charge is 2.18. The van der Waals surface area contributed by atoms with E-state index in [1.807, 2.05) is 6.21 Å². The number of hydrogen-bond donors (Lipinski definition) is 1. The topological polar surface area (TPSA) is 41.6 Å². The lowest BCUT2D eigenvalue weighted by atomic mass is 10.1. The summed E-state index contributed by atoms with van der Waals surface area (Å²) in [7, 11) is 0. The van der Waals surface area contributed by atoms with E-state index in [9.17, 15) is 0 Å². The molecule has 0 saturated carbocycles. The molecule has 0 amide bonds. The lowest BCUT2D eigenvalue weighted by Crippen LogP contribution is -2.34. The molecule has 0 aliphatic carbocycles. The van der Waals surface area contributed by atoms with Gasteiger partial charge in [-0.15, -0.1) is 0 Å². The lowest BCUT2D eigenvalue weighted by molar-refractivity contribution is 0.241. The molecule has 3 heteroatoms. The predicted octanol–water partition coefficient (Wildman–Crippen LogP) is 2.96. The fourth-order valence-electron chi connectivity index (χ4n) is 2.38. The quantitative estimate of drug-likeness (QED) is 0.479. The van der Waals surface area contributed by atoms with Crippen LogP contribution in [0.1, 0.15) is 51.9 Å². The van der Waals surface area contributed by atoms with E-state index in [-0.39, 0.29) is 0 Å². The number of aliphatic imine (C=N–C) groups is 1. The van der Waals surface area contributed by atoms with Crippen molar-refractivity contribution in [1.29, 1.82) is 0 Å². The Morgan fingerprint density at radius 1 is 1.28 bits per heavy atom. The summed E-state index contributed by atoms with van der Waals surface area (Å²) in [6.07, 6.45) is 15.9. The fraction of sp³-hybridized carbons (Fsp3) is 0.800. The first-order chi connectivity index (χ1) is 8.88. The highest BCUT2D eigenvalue weighted by Crippen LogP contribution is 2.15. The maximum Gasteiger partial charge on any atom is 0.102 e. The summed E-state index contributed by atoms with van der Waals surface area (Å²) >= 11 is 0. The Hall–Kier alpha value is -0.670. The standard InChI is InChI=1S/C15H29N3/c1-2-3-4-5-6-7-8-9-10-15-17-12-14-18(15)13-11-16/h3-4,12,15H,2,5-11,13-14,16H2,1H3/b4-3+. The molecule has 0 saturated heterocycles. The molecule has 1 heterocycles. The zero-order valence-corrected chi connectivity index (χ0v) is 11.9. The molecule has 1 rings (SSSR count). The molecule has 0 radical (unpaired) electrons. The minimum Gasteiger partial charge on any atom is -0.329 e. The van der Waals surface area contributed by atoms with E-state index in [4.69, 9.17) is 5.73 Å². The van der Waals surface area contributed by atoms with Gasteiger partial charge in [0.05, 0.1) is 0 Å². The molecule has 18 heavy (non-hydrogen) atoms. The minimum atomic E-state index is 0.411. The second kappa shape index (κ2) is 10.3. The average molecular weight is 251 g/mol. The van der Waals surface area contributed by atoms with Gasteiger partial charge in [0.15, 0.2) is 0 Å². The van der Waals surface area contributed by atoms with Crippen LogP contribution in [0.4, 0.5) is 0 Å². The number of unbranched alkanes of at least 4 members (excludes halogenated alkanes) is 4. The van der Waals surface area contributed by atoms with Gasteiger partial charge in [-0.25, -0.2) is 0 Å². The Balaban J connectivity index is 1.97. The Labute approximate surface area is 112 Å². The van der Waals surface area contributed by atoms with E-state index in [2.05, 4.69) is 29.0 Å². The SMILES string of the molecule is CC/C=C/CCCCCCC1N=CCN1CCN. The van der Waals surface area contributed by atoms with E-state index in [0.29, 0.717) is 6.17 Å². The smallest absolute Gasteiger partial charge is 0.102 e. The van der Waals surface area contributed by atoms with Crippen molar-refractivity contribution in [3.05, 3.63) is 12.2 Å². The van der Waals surface area contributed by atoms with E-state index in [1.54, 1.807) is 0 Å². The summed E-state index contributed by atoms with van der Waals surface area (Å²) < 4.78 is 0. The molecule has 0 aromatic heterocycles. The molecular weight excluding hydrogens is 222 g/mol. The zero-order chi connectivity index (χ0) is 13.1. The van der Waals surface area contributed by atoms with Crippen molar-refractivity contribution in [3.8, 4) is 0 Å². The van der Waals surface area contributed by atoms with Gasteiger partial charge in [-0.05, 0) is 32.1 Å². The lowest BCUT2D eigenvalue weighted by Gasteiger charge is -2.21. The number of hydrogen-bond acceptors (Lipinski definition) is 3. The highest BCUT2D eigenvalue weighted by atomic mass is 15.3. The van der Waals surface area contributed by atoms with Crippen molar-refractivity contribution in [2.45, 2.75) is 58.0 Å². The maximum atomic E-state index is 5.60. The van der Waals surface area contributed by atoms with Gasteiger partial charge in [0.25, 0.3) is 0 Å². The summed E-state index contributed by atoms with van der Waals surface area (Å²) in [5.41, 5.74) is 5.60. The number of nitrogens with two attached hydrogens (primary N) is 1. The molecule has 1 atom stereocenters. The van der Waals surface area contributed by atoms with Crippen molar-refractivity contribution in [1.82, 2.24) is 4.90 Å². The number of allylic oxidation sites excluding steroid dienone is 2. The monoisotopic (exact) mass is 251 g/mol. The third-order valence-corrected chi connectivity index (χ3v) is 3.42. The Morgan fingerprint density at radius 2 is 2.11 bits per heavy atom. The zero-order valence-electron chi connectivity index (χ0n) is 11.9. The van der Waals surface area contributed by atoms with Crippen LogP contribution in [-0.2, 0) is 0 Å². The summed E-state index contributed by atoms with van der Waals surface area (Å²) in [5.74, 6) is 0. The molecule has 0 aromatic carbocycles. The van der Waals surface area contributed by atoms with Gasteiger partial charge in [-0.1, -0.05) is 31.9 Å². The van der Waals surface area contributed by atoms with E-state index in [0.717, 1.165) is 26.1 Å². The van der Waals surface area contributed by atoms with Gasteiger partial charge in [-0.3, -0.25) is 9.89 Å². The van der Waals surface area contributed by atoms with Gasteiger partial charge in [-0.2, -0.15) is 0 Å². The third kappa shape index (κ3) is 6.31. The van der Waals surface area contributed by atoms with Crippen molar-refractivity contribution < 1.29 is 0 Å². The van der Waals surface area contributed by atoms with Crippen LogP contribution in [0.5, 0.6) is 0 Å². The molecule has 1 unspecified atom stereocenters. The fourth-order valence-corrected chi connectivity index (χ4v) is 2.38. The molecule has 0 bridgehead atoms. The Kier molecular flexibility index (Phi) is 8.78. The molecule has 2 N–H and O–H groups in total. The van der Waals surface area contributed by atoms with Crippen LogP contribution in [0, 0.1) is 0 Å². The highest BCUT2D eigenvalue weighted by molar-refractivity contribution is 5.62. The summed E-state index contributed by atoms with van der Waals surface area (Å²) in [6.45, 7) is 4.89. The first kappa shape index (κ1) is 15.4. The van der Waals surface area contributed by atoms with E-state index >= 15 is 0 Å². The first-order valence-corrected chi connectivity index (χ1v) is 7.49. The molecular formula is C15H29N3. The van der Waals surface area contributed by atoms with Crippen molar-refractivity contribution >= 4 is 6.21 Å². The van der Waals surface area contributed by atoms with Crippen molar-refractivity contribution in [2.75, 3.05) is 19.6 Å². The molecule has 104 valence electrons. The summed E-state index contributed by atoms with van der Waals surface area (Å²) in [5, 5.41) is 0. The van der Waals surface area contributed by atoms with Crippen LogP contribution in [0.15, 0.2) is 17.1 Å². The second-order valence-corrected chi connectivity index (χ2v) is 4.97. The van der Waals surface area contributed by atoms with Crippen LogP contribution in [-0.4, -0.2) is 36.9 Å².